The number of aryl methyl sites for hydroxylation is 4. The Bertz CT molecular complexity index is 944. The summed E-state index contributed by atoms with van der Waals surface area (Å²) in [4.78, 5) is 21.4. The molecular weight excluding hydrogens is 336 g/mol. The number of nitrogens with one attached hydrogen (secondary N) is 2. The summed E-state index contributed by atoms with van der Waals surface area (Å²) in [6.45, 7) is 7.97. The number of amides is 1. The number of anilines is 3. The van der Waals surface area contributed by atoms with Crippen molar-refractivity contribution in [3.8, 4) is 0 Å². The van der Waals surface area contributed by atoms with E-state index in [1.807, 2.05) is 45.0 Å². The largest absolute Gasteiger partial charge is 0.324 e. The van der Waals surface area contributed by atoms with Gasteiger partial charge in [0.1, 0.15) is 5.69 Å². The molecule has 1 aromatic heterocycles. The Morgan fingerprint density at radius 2 is 1.56 bits per heavy atom. The molecule has 138 valence electrons. The Morgan fingerprint density at radius 3 is 2.19 bits per heavy atom. The maximum Gasteiger partial charge on any atom is 0.274 e. The van der Waals surface area contributed by atoms with Gasteiger partial charge < -0.3 is 10.6 Å². The van der Waals surface area contributed by atoms with Gasteiger partial charge in [-0.1, -0.05) is 25.1 Å². The van der Waals surface area contributed by atoms with Crippen LogP contribution in [0.25, 0.3) is 0 Å². The highest BCUT2D eigenvalue weighted by molar-refractivity contribution is 6.03. The highest BCUT2D eigenvalue weighted by Crippen LogP contribution is 2.17. The second kappa shape index (κ2) is 7.99. The van der Waals surface area contributed by atoms with Gasteiger partial charge in [-0.15, -0.1) is 0 Å². The summed E-state index contributed by atoms with van der Waals surface area (Å²) in [5.41, 5.74) is 6.16. The lowest BCUT2D eigenvalue weighted by atomic mass is 10.1. The SMILES string of the molecule is CCc1ccc(Nc2nc(C)cc(C(=O)Nc3cc(C)cc(C)c3)n2)cc1. The number of hydrogen-bond acceptors (Lipinski definition) is 4. The number of carbonyl (C=O) groups is 1. The first-order valence-corrected chi connectivity index (χ1v) is 9.04. The molecule has 0 aliphatic carbocycles. The quantitative estimate of drug-likeness (QED) is 0.675. The Balaban J connectivity index is 1.80. The molecule has 3 aromatic rings. The number of rotatable bonds is 5. The molecule has 1 amide bonds. The summed E-state index contributed by atoms with van der Waals surface area (Å²) in [6, 6.07) is 15.7. The fourth-order valence-electron chi connectivity index (χ4n) is 2.94. The number of carbonyl (C=O) groups excluding carboxylic acids is 1. The van der Waals surface area contributed by atoms with Crippen LogP contribution in [0.4, 0.5) is 17.3 Å². The highest BCUT2D eigenvalue weighted by atomic mass is 16.1. The van der Waals surface area contributed by atoms with Gasteiger partial charge in [-0.3, -0.25) is 4.79 Å². The average Bonchev–Trinajstić information content (AvgIpc) is 2.61. The first kappa shape index (κ1) is 18.6. The van der Waals surface area contributed by atoms with Crippen molar-refractivity contribution in [1.82, 2.24) is 9.97 Å². The molecule has 0 saturated carbocycles. The van der Waals surface area contributed by atoms with E-state index in [1.54, 1.807) is 6.07 Å². The van der Waals surface area contributed by atoms with E-state index in [4.69, 9.17) is 0 Å². The summed E-state index contributed by atoms with van der Waals surface area (Å²) in [6.07, 6.45) is 0.990. The lowest BCUT2D eigenvalue weighted by Gasteiger charge is -2.10. The highest BCUT2D eigenvalue weighted by Gasteiger charge is 2.12. The van der Waals surface area contributed by atoms with Crippen LogP contribution in [0, 0.1) is 20.8 Å². The molecule has 0 spiro atoms. The molecule has 2 N–H and O–H groups in total. The molecule has 0 fully saturated rings. The van der Waals surface area contributed by atoms with Crippen molar-refractivity contribution in [2.24, 2.45) is 0 Å². The van der Waals surface area contributed by atoms with Crippen molar-refractivity contribution in [2.75, 3.05) is 10.6 Å². The zero-order chi connectivity index (χ0) is 19.4. The van der Waals surface area contributed by atoms with Crippen LogP contribution in [-0.4, -0.2) is 15.9 Å². The van der Waals surface area contributed by atoms with E-state index in [1.165, 1.54) is 5.56 Å². The zero-order valence-electron chi connectivity index (χ0n) is 16.1. The van der Waals surface area contributed by atoms with E-state index in [2.05, 4.69) is 45.7 Å². The predicted molar refractivity (Wildman–Crippen MR) is 110 cm³/mol. The lowest BCUT2D eigenvalue weighted by molar-refractivity contribution is 0.102. The molecule has 2 aromatic carbocycles. The number of aromatic nitrogens is 2. The van der Waals surface area contributed by atoms with Gasteiger partial charge in [-0.2, -0.15) is 0 Å². The van der Waals surface area contributed by atoms with Crippen LogP contribution >= 0.6 is 0 Å². The van der Waals surface area contributed by atoms with Crippen molar-refractivity contribution in [1.29, 1.82) is 0 Å². The molecule has 5 heteroatoms. The van der Waals surface area contributed by atoms with Gasteiger partial charge in [0.05, 0.1) is 0 Å². The summed E-state index contributed by atoms with van der Waals surface area (Å²) >= 11 is 0. The van der Waals surface area contributed by atoms with Gasteiger partial charge >= 0.3 is 0 Å². The fraction of sp³-hybridized carbons (Fsp3) is 0.227. The second-order valence-electron chi connectivity index (χ2n) is 6.72. The van der Waals surface area contributed by atoms with Crippen LogP contribution in [-0.2, 0) is 6.42 Å². The Labute approximate surface area is 159 Å². The van der Waals surface area contributed by atoms with Gasteiger partial charge in [0.2, 0.25) is 5.95 Å². The summed E-state index contributed by atoms with van der Waals surface area (Å²) in [5.74, 6) is 0.153. The molecule has 0 aliphatic heterocycles. The Hall–Kier alpha value is -3.21. The lowest BCUT2D eigenvalue weighted by Crippen LogP contribution is -2.15. The van der Waals surface area contributed by atoms with Gasteiger partial charge in [0.25, 0.3) is 5.91 Å². The van der Waals surface area contributed by atoms with E-state index >= 15 is 0 Å². The van der Waals surface area contributed by atoms with E-state index in [-0.39, 0.29) is 5.91 Å². The molecule has 27 heavy (non-hydrogen) atoms. The Morgan fingerprint density at radius 1 is 0.889 bits per heavy atom. The van der Waals surface area contributed by atoms with Crippen LogP contribution in [0.3, 0.4) is 0 Å². The normalized spacial score (nSPS) is 10.5. The summed E-state index contributed by atoms with van der Waals surface area (Å²) < 4.78 is 0. The van der Waals surface area contributed by atoms with Crippen LogP contribution in [0.5, 0.6) is 0 Å². The minimum absolute atomic E-state index is 0.255. The zero-order valence-corrected chi connectivity index (χ0v) is 16.1. The Kier molecular flexibility index (Phi) is 5.50. The fourth-order valence-corrected chi connectivity index (χ4v) is 2.94. The minimum atomic E-state index is -0.255. The number of nitrogens with zero attached hydrogens (tertiary/aromatic N) is 2. The van der Waals surface area contributed by atoms with E-state index in [0.29, 0.717) is 11.6 Å². The van der Waals surface area contributed by atoms with Crippen molar-refractivity contribution >= 4 is 23.2 Å². The molecule has 1 heterocycles. The van der Waals surface area contributed by atoms with Crippen molar-refractivity contribution in [3.63, 3.8) is 0 Å². The molecular formula is C22H24N4O. The third kappa shape index (κ3) is 4.91. The molecule has 5 nitrogen and oxygen atoms in total. The summed E-state index contributed by atoms with van der Waals surface area (Å²) in [7, 11) is 0. The smallest absolute Gasteiger partial charge is 0.274 e. The molecule has 0 radical (unpaired) electrons. The van der Waals surface area contributed by atoms with E-state index in [9.17, 15) is 4.79 Å². The third-order valence-corrected chi connectivity index (χ3v) is 4.18. The van der Waals surface area contributed by atoms with Crippen molar-refractivity contribution < 1.29 is 4.79 Å². The predicted octanol–water partition coefficient (Wildman–Crippen LogP) is 4.96. The van der Waals surface area contributed by atoms with Crippen molar-refractivity contribution in [3.05, 3.63) is 76.6 Å². The van der Waals surface area contributed by atoms with Gasteiger partial charge in [0, 0.05) is 17.1 Å². The van der Waals surface area contributed by atoms with E-state index < -0.39 is 0 Å². The van der Waals surface area contributed by atoms with Crippen molar-refractivity contribution in [2.45, 2.75) is 34.1 Å². The minimum Gasteiger partial charge on any atom is -0.324 e. The van der Waals surface area contributed by atoms with Crippen LogP contribution in [0.15, 0.2) is 48.5 Å². The molecule has 0 atom stereocenters. The maximum atomic E-state index is 12.6. The molecule has 0 unspecified atom stereocenters. The molecule has 3 rings (SSSR count). The molecule has 0 aliphatic rings. The van der Waals surface area contributed by atoms with E-state index in [0.717, 1.165) is 34.6 Å². The molecule has 0 bridgehead atoms. The first-order chi connectivity index (χ1) is 12.9. The first-order valence-electron chi connectivity index (χ1n) is 9.04. The van der Waals surface area contributed by atoms with Gasteiger partial charge in [-0.25, -0.2) is 9.97 Å². The standard InChI is InChI=1S/C22H24N4O/c1-5-17-6-8-18(9-7-17)25-22-23-16(4)13-20(26-22)21(27)24-19-11-14(2)10-15(3)12-19/h6-13H,5H2,1-4H3,(H,24,27)(H,23,25,26). The number of hydrogen-bond donors (Lipinski definition) is 2. The number of benzene rings is 2. The van der Waals surface area contributed by atoms with Crippen LogP contribution < -0.4 is 10.6 Å². The third-order valence-electron chi connectivity index (χ3n) is 4.18. The molecule has 0 saturated heterocycles. The summed E-state index contributed by atoms with van der Waals surface area (Å²) in [5, 5.41) is 6.09. The van der Waals surface area contributed by atoms with Gasteiger partial charge in [-0.05, 0) is 74.2 Å². The second-order valence-corrected chi connectivity index (χ2v) is 6.72. The van der Waals surface area contributed by atoms with Crippen LogP contribution in [0.2, 0.25) is 0 Å². The van der Waals surface area contributed by atoms with Gasteiger partial charge in [0.15, 0.2) is 0 Å². The maximum absolute atomic E-state index is 12.6. The monoisotopic (exact) mass is 360 g/mol. The van der Waals surface area contributed by atoms with Crippen LogP contribution in [0.1, 0.15) is 39.8 Å². The topological polar surface area (TPSA) is 66.9 Å². The average molecular weight is 360 g/mol.